The Hall–Kier alpha value is -4.47. The highest BCUT2D eigenvalue weighted by molar-refractivity contribution is 5.95. The molecular weight excluding hydrogens is 395 g/mol. The molecule has 30 heavy (non-hydrogen) atoms. The summed E-state index contributed by atoms with van der Waals surface area (Å²) in [5.74, 6) is -1.89. The van der Waals surface area contributed by atoms with Crippen molar-refractivity contribution in [2.45, 2.75) is 0 Å². The topological polar surface area (TPSA) is 123 Å². The maximum absolute atomic E-state index is 12.9. The van der Waals surface area contributed by atoms with E-state index in [4.69, 9.17) is 4.84 Å². The fourth-order valence-corrected chi connectivity index (χ4v) is 2.26. The lowest BCUT2D eigenvalue weighted by atomic mass is 10.2. The number of nitro benzene ring substituents is 1. The van der Waals surface area contributed by atoms with Gasteiger partial charge in [0.2, 0.25) is 0 Å². The lowest BCUT2D eigenvalue weighted by molar-refractivity contribution is -0.384. The Balaban J connectivity index is 1.58. The summed E-state index contributed by atoms with van der Waals surface area (Å²) in [7, 11) is 0. The van der Waals surface area contributed by atoms with Crippen LogP contribution in [0.4, 0.5) is 21.5 Å². The Bertz CT molecular complexity index is 1110. The summed E-state index contributed by atoms with van der Waals surface area (Å²) in [6.07, 6.45) is 0. The molecule has 1 N–H and O–H groups in total. The number of non-ortho nitro benzene ring substituents is 1. The second-order valence-corrected chi connectivity index (χ2v) is 5.86. The summed E-state index contributed by atoms with van der Waals surface area (Å²) in [4.78, 5) is 38.9. The number of nitro groups is 1. The molecule has 0 atom stereocenters. The van der Waals surface area contributed by atoms with Gasteiger partial charge in [0.05, 0.1) is 27.4 Å². The van der Waals surface area contributed by atoms with E-state index in [0.29, 0.717) is 11.4 Å². The molecule has 150 valence electrons. The predicted molar refractivity (Wildman–Crippen MR) is 104 cm³/mol. The normalized spacial score (nSPS) is 10.6. The third-order valence-electron chi connectivity index (χ3n) is 3.77. The van der Waals surface area contributed by atoms with Gasteiger partial charge in [-0.2, -0.15) is 0 Å². The number of amides is 1. The van der Waals surface area contributed by atoms with Gasteiger partial charge in [0.15, 0.2) is 0 Å². The zero-order valence-electron chi connectivity index (χ0n) is 15.2. The largest absolute Gasteiger partial charge is 0.362 e. The van der Waals surface area contributed by atoms with Gasteiger partial charge in [-0.05, 0) is 54.6 Å². The van der Waals surface area contributed by atoms with Crippen LogP contribution in [0.15, 0.2) is 83.0 Å². The standard InChI is InChI=1S/C20H13FN4O5/c21-15-6-4-13(5-7-15)20(27)30-24-17-10-8-16(9-11-17)22-23-19(26)14-2-1-3-18(12-14)25(28)29/h1-12,24H. The Morgan fingerprint density at radius 1 is 0.967 bits per heavy atom. The van der Waals surface area contributed by atoms with Crippen LogP contribution in [-0.2, 0) is 4.84 Å². The third-order valence-corrected chi connectivity index (χ3v) is 3.77. The van der Waals surface area contributed by atoms with Crippen molar-refractivity contribution >= 4 is 28.9 Å². The first-order chi connectivity index (χ1) is 14.4. The lowest BCUT2D eigenvalue weighted by Gasteiger charge is -2.06. The number of halogens is 1. The Morgan fingerprint density at radius 3 is 2.33 bits per heavy atom. The van der Waals surface area contributed by atoms with E-state index in [9.17, 15) is 24.1 Å². The summed E-state index contributed by atoms with van der Waals surface area (Å²) in [5.41, 5.74) is 3.20. The maximum Gasteiger partial charge on any atom is 0.362 e. The summed E-state index contributed by atoms with van der Waals surface area (Å²) in [5, 5.41) is 18.1. The number of carbonyl (C=O) groups excluding carboxylic acids is 2. The SMILES string of the molecule is O=C(N=Nc1ccc(NOC(=O)c2ccc(F)cc2)cc1)c1cccc([N+](=O)[O-])c1. The number of nitrogens with one attached hydrogen (secondary N) is 1. The number of nitrogens with zero attached hydrogens (tertiary/aromatic N) is 3. The van der Waals surface area contributed by atoms with Crippen molar-refractivity contribution in [2.24, 2.45) is 10.2 Å². The fourth-order valence-electron chi connectivity index (χ4n) is 2.26. The smallest absolute Gasteiger partial charge is 0.338 e. The van der Waals surface area contributed by atoms with E-state index < -0.39 is 22.6 Å². The van der Waals surface area contributed by atoms with Crippen LogP contribution >= 0.6 is 0 Å². The third kappa shape index (κ3) is 5.29. The van der Waals surface area contributed by atoms with Gasteiger partial charge in [-0.15, -0.1) is 10.2 Å². The van der Waals surface area contributed by atoms with Crippen LogP contribution < -0.4 is 5.48 Å². The van der Waals surface area contributed by atoms with Gasteiger partial charge in [-0.1, -0.05) is 6.07 Å². The number of azo groups is 1. The fraction of sp³-hybridized carbons (Fsp3) is 0. The molecule has 0 bridgehead atoms. The molecule has 0 spiro atoms. The molecule has 3 rings (SSSR count). The summed E-state index contributed by atoms with van der Waals surface area (Å²) < 4.78 is 12.9. The molecule has 0 heterocycles. The molecule has 0 aliphatic heterocycles. The van der Waals surface area contributed by atoms with E-state index in [1.807, 2.05) is 0 Å². The van der Waals surface area contributed by atoms with Crippen molar-refractivity contribution in [1.82, 2.24) is 0 Å². The second-order valence-electron chi connectivity index (χ2n) is 5.86. The molecule has 0 aromatic heterocycles. The van der Waals surface area contributed by atoms with Crippen LogP contribution in [0.3, 0.4) is 0 Å². The van der Waals surface area contributed by atoms with Crippen LogP contribution in [0.25, 0.3) is 0 Å². The second kappa shape index (κ2) is 9.15. The molecule has 9 nitrogen and oxygen atoms in total. The Kier molecular flexibility index (Phi) is 6.18. The summed E-state index contributed by atoms with van der Waals surface area (Å²) in [6.45, 7) is 0. The molecule has 0 saturated heterocycles. The van der Waals surface area contributed by atoms with Gasteiger partial charge < -0.3 is 4.84 Å². The Morgan fingerprint density at radius 2 is 1.67 bits per heavy atom. The van der Waals surface area contributed by atoms with Gasteiger partial charge in [-0.3, -0.25) is 14.9 Å². The average Bonchev–Trinajstić information content (AvgIpc) is 2.77. The molecule has 0 unspecified atom stereocenters. The number of rotatable bonds is 6. The molecule has 3 aromatic carbocycles. The minimum atomic E-state index is -0.728. The van der Waals surface area contributed by atoms with Gasteiger partial charge in [0.25, 0.3) is 11.6 Å². The van der Waals surface area contributed by atoms with Crippen LogP contribution in [0.2, 0.25) is 0 Å². The number of benzene rings is 3. The van der Waals surface area contributed by atoms with Crippen LogP contribution in [-0.4, -0.2) is 16.8 Å². The molecule has 10 heteroatoms. The highest BCUT2D eigenvalue weighted by Crippen LogP contribution is 2.19. The van der Waals surface area contributed by atoms with Crippen LogP contribution in [0.5, 0.6) is 0 Å². The van der Waals surface area contributed by atoms with Crippen molar-refractivity contribution in [2.75, 3.05) is 5.48 Å². The van der Waals surface area contributed by atoms with E-state index >= 15 is 0 Å². The minimum absolute atomic E-state index is 0.0407. The van der Waals surface area contributed by atoms with Crippen molar-refractivity contribution in [3.8, 4) is 0 Å². The predicted octanol–water partition coefficient (Wildman–Crippen LogP) is 4.84. The molecule has 0 aliphatic carbocycles. The number of anilines is 1. The van der Waals surface area contributed by atoms with Gasteiger partial charge >= 0.3 is 5.97 Å². The molecular formula is C20H13FN4O5. The van der Waals surface area contributed by atoms with Gasteiger partial charge in [0.1, 0.15) is 5.82 Å². The highest BCUT2D eigenvalue weighted by atomic mass is 19.1. The first kappa shape index (κ1) is 20.3. The van der Waals surface area contributed by atoms with E-state index in [2.05, 4.69) is 15.7 Å². The minimum Gasteiger partial charge on any atom is -0.338 e. The van der Waals surface area contributed by atoms with Gasteiger partial charge in [0, 0.05) is 12.1 Å². The van der Waals surface area contributed by atoms with E-state index in [1.54, 1.807) is 0 Å². The molecule has 0 fully saturated rings. The van der Waals surface area contributed by atoms with E-state index in [-0.39, 0.29) is 16.8 Å². The van der Waals surface area contributed by atoms with E-state index in [1.165, 1.54) is 54.6 Å². The summed E-state index contributed by atoms with van der Waals surface area (Å²) >= 11 is 0. The monoisotopic (exact) mass is 408 g/mol. The lowest BCUT2D eigenvalue weighted by Crippen LogP contribution is -2.10. The van der Waals surface area contributed by atoms with Crippen LogP contribution in [0.1, 0.15) is 20.7 Å². The first-order valence-corrected chi connectivity index (χ1v) is 8.46. The number of carbonyl (C=O) groups is 2. The van der Waals surface area contributed by atoms with Crippen molar-refractivity contribution in [3.05, 3.63) is 99.9 Å². The first-order valence-electron chi connectivity index (χ1n) is 8.46. The van der Waals surface area contributed by atoms with Crippen molar-refractivity contribution < 1.29 is 23.7 Å². The quantitative estimate of drug-likeness (QED) is 0.354. The number of hydrogen-bond acceptors (Lipinski definition) is 7. The molecule has 1 amide bonds. The zero-order chi connectivity index (χ0) is 21.5. The zero-order valence-corrected chi connectivity index (χ0v) is 15.2. The molecule has 0 radical (unpaired) electrons. The Labute approximate surface area is 168 Å². The molecule has 0 aliphatic rings. The van der Waals surface area contributed by atoms with E-state index in [0.717, 1.165) is 18.2 Å². The van der Waals surface area contributed by atoms with Gasteiger partial charge in [-0.25, -0.2) is 14.7 Å². The molecule has 0 saturated carbocycles. The van der Waals surface area contributed by atoms with Crippen molar-refractivity contribution in [1.29, 1.82) is 0 Å². The number of hydrogen-bond donors (Lipinski definition) is 1. The molecule has 3 aromatic rings. The van der Waals surface area contributed by atoms with Crippen LogP contribution in [0, 0.1) is 15.9 Å². The maximum atomic E-state index is 12.9. The highest BCUT2D eigenvalue weighted by Gasteiger charge is 2.11. The van der Waals surface area contributed by atoms with Crippen molar-refractivity contribution in [3.63, 3.8) is 0 Å². The summed E-state index contributed by atoms with van der Waals surface area (Å²) in [6, 6.07) is 16.1. The average molecular weight is 408 g/mol.